The SMILES string of the molecule is CC/C=C(\CC)C(=O)OC(C)=N. The lowest BCUT2D eigenvalue weighted by Gasteiger charge is -2.03. The number of nitrogens with one attached hydrogen (secondary N) is 1. The van der Waals surface area contributed by atoms with Gasteiger partial charge >= 0.3 is 5.97 Å². The third kappa shape index (κ3) is 3.91. The number of hydrogen-bond acceptors (Lipinski definition) is 3. The first-order valence-corrected chi connectivity index (χ1v) is 4.08. The van der Waals surface area contributed by atoms with Gasteiger partial charge in [0.2, 0.25) is 0 Å². The summed E-state index contributed by atoms with van der Waals surface area (Å²) in [6, 6.07) is 0. The molecule has 0 heterocycles. The smallest absolute Gasteiger partial charge is 0.340 e. The van der Waals surface area contributed by atoms with Gasteiger partial charge in [0, 0.05) is 12.5 Å². The average Bonchev–Trinajstić information content (AvgIpc) is 1.98. The average molecular weight is 169 g/mol. The summed E-state index contributed by atoms with van der Waals surface area (Å²) in [7, 11) is 0. The predicted molar refractivity (Wildman–Crippen MR) is 48.2 cm³/mol. The molecule has 0 saturated carbocycles. The molecule has 0 aliphatic heterocycles. The van der Waals surface area contributed by atoms with E-state index in [4.69, 9.17) is 5.41 Å². The van der Waals surface area contributed by atoms with Crippen molar-refractivity contribution < 1.29 is 9.53 Å². The van der Waals surface area contributed by atoms with Gasteiger partial charge in [-0.05, 0) is 12.8 Å². The molecule has 0 unspecified atom stereocenters. The third-order valence-corrected chi connectivity index (χ3v) is 1.34. The maximum atomic E-state index is 11.1. The van der Waals surface area contributed by atoms with Gasteiger partial charge in [0.1, 0.15) is 0 Å². The van der Waals surface area contributed by atoms with Gasteiger partial charge in [-0.25, -0.2) is 4.79 Å². The molecule has 68 valence electrons. The van der Waals surface area contributed by atoms with Crippen molar-refractivity contribution in [2.75, 3.05) is 0 Å². The van der Waals surface area contributed by atoms with Gasteiger partial charge in [-0.15, -0.1) is 0 Å². The first-order valence-electron chi connectivity index (χ1n) is 4.08. The van der Waals surface area contributed by atoms with Crippen LogP contribution >= 0.6 is 0 Å². The van der Waals surface area contributed by atoms with Crippen molar-refractivity contribution in [3.05, 3.63) is 11.6 Å². The Labute approximate surface area is 72.9 Å². The van der Waals surface area contributed by atoms with E-state index in [2.05, 4.69) is 4.74 Å². The summed E-state index contributed by atoms with van der Waals surface area (Å²) in [5.74, 6) is -0.456. The first kappa shape index (κ1) is 10.9. The van der Waals surface area contributed by atoms with Crippen LogP contribution in [0.4, 0.5) is 0 Å². The van der Waals surface area contributed by atoms with Gasteiger partial charge in [-0.2, -0.15) is 0 Å². The standard InChI is InChI=1S/C9H15NO2/c1-4-6-8(5-2)9(11)12-7(3)10/h6,10H,4-5H2,1-3H3/b8-6+,10-7?. The highest BCUT2D eigenvalue weighted by Gasteiger charge is 2.08. The molecule has 0 saturated heterocycles. The fourth-order valence-corrected chi connectivity index (χ4v) is 0.823. The van der Waals surface area contributed by atoms with E-state index in [0.29, 0.717) is 12.0 Å². The van der Waals surface area contributed by atoms with E-state index < -0.39 is 5.97 Å². The third-order valence-electron chi connectivity index (χ3n) is 1.34. The summed E-state index contributed by atoms with van der Waals surface area (Å²) in [5.41, 5.74) is 0.643. The zero-order valence-electron chi connectivity index (χ0n) is 7.81. The second kappa shape index (κ2) is 5.52. The maximum Gasteiger partial charge on any atom is 0.340 e. The lowest BCUT2D eigenvalue weighted by molar-refractivity contribution is -0.131. The molecule has 0 aromatic rings. The molecule has 12 heavy (non-hydrogen) atoms. The molecule has 0 aromatic carbocycles. The van der Waals surface area contributed by atoms with E-state index in [9.17, 15) is 4.79 Å². The summed E-state index contributed by atoms with van der Waals surface area (Å²) in [4.78, 5) is 11.1. The zero-order chi connectivity index (χ0) is 9.56. The van der Waals surface area contributed by atoms with Crippen LogP contribution in [-0.4, -0.2) is 11.9 Å². The minimum absolute atomic E-state index is 0.0598. The fraction of sp³-hybridized carbons (Fsp3) is 0.556. The van der Waals surface area contributed by atoms with Gasteiger partial charge < -0.3 is 4.74 Å². The van der Waals surface area contributed by atoms with Gasteiger partial charge in [0.05, 0.1) is 0 Å². The number of esters is 1. The largest absolute Gasteiger partial charge is 0.409 e. The Kier molecular flexibility index (Phi) is 5.00. The minimum atomic E-state index is -0.396. The van der Waals surface area contributed by atoms with Crippen molar-refractivity contribution in [2.24, 2.45) is 0 Å². The van der Waals surface area contributed by atoms with Crippen molar-refractivity contribution in [3.8, 4) is 0 Å². The lowest BCUT2D eigenvalue weighted by atomic mass is 10.2. The second-order valence-corrected chi connectivity index (χ2v) is 2.44. The summed E-state index contributed by atoms with van der Waals surface area (Å²) >= 11 is 0. The van der Waals surface area contributed by atoms with Crippen LogP contribution in [0.25, 0.3) is 0 Å². The number of hydrogen-bond donors (Lipinski definition) is 1. The molecule has 0 atom stereocenters. The molecule has 0 aliphatic rings. The zero-order valence-corrected chi connectivity index (χ0v) is 7.81. The van der Waals surface area contributed by atoms with Crippen LogP contribution in [0.1, 0.15) is 33.6 Å². The molecule has 0 spiro atoms. The van der Waals surface area contributed by atoms with Crippen LogP contribution in [-0.2, 0) is 9.53 Å². The van der Waals surface area contributed by atoms with E-state index >= 15 is 0 Å². The Morgan fingerprint density at radius 3 is 2.42 bits per heavy atom. The van der Waals surface area contributed by atoms with Crippen molar-refractivity contribution in [1.29, 1.82) is 5.41 Å². The highest BCUT2D eigenvalue weighted by molar-refractivity contribution is 5.96. The van der Waals surface area contributed by atoms with Crippen molar-refractivity contribution in [3.63, 3.8) is 0 Å². The number of ether oxygens (including phenoxy) is 1. The Morgan fingerprint density at radius 1 is 1.50 bits per heavy atom. The quantitative estimate of drug-likeness (QED) is 0.305. The molecule has 3 nitrogen and oxygen atoms in total. The van der Waals surface area contributed by atoms with Gasteiger partial charge in [-0.3, -0.25) is 5.41 Å². The predicted octanol–water partition coefficient (Wildman–Crippen LogP) is 2.27. The molecular formula is C9H15NO2. The molecule has 0 amide bonds. The fourth-order valence-electron chi connectivity index (χ4n) is 0.823. The molecule has 0 fully saturated rings. The normalized spacial score (nSPS) is 11.1. The molecular weight excluding hydrogens is 154 g/mol. The molecule has 0 rings (SSSR count). The van der Waals surface area contributed by atoms with Gasteiger partial charge in [0.25, 0.3) is 0 Å². The van der Waals surface area contributed by atoms with Crippen LogP contribution < -0.4 is 0 Å². The summed E-state index contributed by atoms with van der Waals surface area (Å²) < 4.78 is 4.63. The Morgan fingerprint density at radius 2 is 2.08 bits per heavy atom. The van der Waals surface area contributed by atoms with Crippen molar-refractivity contribution in [1.82, 2.24) is 0 Å². The minimum Gasteiger partial charge on any atom is -0.409 e. The number of carbonyl (C=O) groups is 1. The monoisotopic (exact) mass is 169 g/mol. The summed E-state index contributed by atoms with van der Waals surface area (Å²) in [6.07, 6.45) is 3.29. The van der Waals surface area contributed by atoms with Gasteiger partial charge in [0.15, 0.2) is 5.90 Å². The molecule has 0 radical (unpaired) electrons. The van der Waals surface area contributed by atoms with Crippen LogP contribution in [0.2, 0.25) is 0 Å². The van der Waals surface area contributed by atoms with E-state index in [-0.39, 0.29) is 5.90 Å². The van der Waals surface area contributed by atoms with E-state index in [1.54, 1.807) is 0 Å². The Hall–Kier alpha value is -1.12. The van der Waals surface area contributed by atoms with Crippen LogP contribution in [0.3, 0.4) is 0 Å². The molecule has 0 bridgehead atoms. The van der Waals surface area contributed by atoms with E-state index in [0.717, 1.165) is 6.42 Å². The highest BCUT2D eigenvalue weighted by atomic mass is 16.5. The van der Waals surface area contributed by atoms with Crippen molar-refractivity contribution in [2.45, 2.75) is 33.6 Å². The van der Waals surface area contributed by atoms with Crippen LogP contribution in [0.15, 0.2) is 11.6 Å². The summed E-state index contributed by atoms with van der Waals surface area (Å²) in [6.45, 7) is 5.29. The second-order valence-electron chi connectivity index (χ2n) is 2.44. The molecule has 1 N–H and O–H groups in total. The molecule has 0 aromatic heterocycles. The van der Waals surface area contributed by atoms with Crippen LogP contribution in [0, 0.1) is 5.41 Å². The Bertz CT molecular complexity index is 207. The van der Waals surface area contributed by atoms with Crippen molar-refractivity contribution >= 4 is 11.9 Å². The van der Waals surface area contributed by atoms with Crippen LogP contribution in [0.5, 0.6) is 0 Å². The molecule has 0 aliphatic carbocycles. The van der Waals surface area contributed by atoms with E-state index in [1.807, 2.05) is 19.9 Å². The Balaban J connectivity index is 4.22. The van der Waals surface area contributed by atoms with E-state index in [1.165, 1.54) is 6.92 Å². The maximum absolute atomic E-state index is 11.1. The molecule has 3 heteroatoms. The summed E-state index contributed by atoms with van der Waals surface area (Å²) in [5, 5.41) is 6.96. The number of allylic oxidation sites excluding steroid dienone is 1. The number of rotatable bonds is 3. The highest BCUT2D eigenvalue weighted by Crippen LogP contribution is 2.04. The first-order chi connectivity index (χ1) is 5.61. The lowest BCUT2D eigenvalue weighted by Crippen LogP contribution is -2.10. The van der Waals surface area contributed by atoms with Gasteiger partial charge in [-0.1, -0.05) is 19.9 Å². The topological polar surface area (TPSA) is 50.2 Å². The number of carbonyl (C=O) groups excluding carboxylic acids is 1.